The first-order valence-corrected chi connectivity index (χ1v) is 5.45. The van der Waals surface area contributed by atoms with Crippen LogP contribution in [0.15, 0.2) is 30.5 Å². The van der Waals surface area contributed by atoms with Crippen molar-refractivity contribution in [3.63, 3.8) is 0 Å². The number of carbonyl (C=O) groups is 1. The van der Waals surface area contributed by atoms with Crippen LogP contribution in [0, 0.1) is 11.6 Å². The summed E-state index contributed by atoms with van der Waals surface area (Å²) in [4.78, 5) is 14.7. The van der Waals surface area contributed by atoms with Gasteiger partial charge < -0.3 is 10.4 Å². The number of aromatic carboxylic acids is 1. The number of nitrogens with one attached hydrogen (secondary N) is 1. The number of carboxylic acid groups (broad SMARTS) is 1. The molecule has 0 saturated heterocycles. The maximum absolute atomic E-state index is 13.0. The van der Waals surface area contributed by atoms with Crippen molar-refractivity contribution in [1.82, 2.24) is 4.98 Å². The summed E-state index contributed by atoms with van der Waals surface area (Å²) in [6, 6.07) is 4.01. The van der Waals surface area contributed by atoms with Crippen molar-refractivity contribution < 1.29 is 18.7 Å². The molecule has 2 aromatic rings. The molecule has 0 amide bonds. The molecular weight excluding hydrogens is 278 g/mol. The van der Waals surface area contributed by atoms with Crippen molar-refractivity contribution in [3.05, 3.63) is 52.7 Å². The Kier molecular flexibility index (Phi) is 3.62. The summed E-state index contributed by atoms with van der Waals surface area (Å²) in [6.07, 6.45) is 1.14. The Bertz CT molecular complexity index is 629. The SMILES string of the molecule is O=C(O)c1cc(Nc2cc(F)cc(F)c2)ncc1Cl. The van der Waals surface area contributed by atoms with Crippen LogP contribution < -0.4 is 5.32 Å². The van der Waals surface area contributed by atoms with Crippen LogP contribution in [0.4, 0.5) is 20.3 Å². The molecule has 0 radical (unpaired) electrons. The zero-order chi connectivity index (χ0) is 14.0. The Labute approximate surface area is 111 Å². The highest BCUT2D eigenvalue weighted by atomic mass is 35.5. The summed E-state index contributed by atoms with van der Waals surface area (Å²) < 4.78 is 26.0. The van der Waals surface area contributed by atoms with Gasteiger partial charge in [0.2, 0.25) is 0 Å². The van der Waals surface area contributed by atoms with Gasteiger partial charge in [0.05, 0.1) is 10.6 Å². The van der Waals surface area contributed by atoms with Gasteiger partial charge in [0.15, 0.2) is 0 Å². The Morgan fingerprint density at radius 3 is 2.42 bits per heavy atom. The first-order valence-electron chi connectivity index (χ1n) is 5.07. The van der Waals surface area contributed by atoms with Crippen molar-refractivity contribution in [2.45, 2.75) is 0 Å². The molecule has 19 heavy (non-hydrogen) atoms. The third-order valence-corrected chi connectivity index (χ3v) is 2.52. The second-order valence-corrected chi connectivity index (χ2v) is 4.04. The Balaban J connectivity index is 2.33. The van der Waals surface area contributed by atoms with Crippen LogP contribution in [-0.2, 0) is 0 Å². The van der Waals surface area contributed by atoms with Gasteiger partial charge in [0.1, 0.15) is 17.5 Å². The monoisotopic (exact) mass is 284 g/mol. The molecule has 98 valence electrons. The molecule has 0 saturated carbocycles. The first-order chi connectivity index (χ1) is 8.95. The Morgan fingerprint density at radius 2 is 1.84 bits per heavy atom. The zero-order valence-corrected chi connectivity index (χ0v) is 10.1. The molecule has 0 aliphatic rings. The largest absolute Gasteiger partial charge is 0.478 e. The number of rotatable bonds is 3. The van der Waals surface area contributed by atoms with Gasteiger partial charge in [-0.15, -0.1) is 0 Å². The minimum Gasteiger partial charge on any atom is -0.478 e. The van der Waals surface area contributed by atoms with Gasteiger partial charge >= 0.3 is 5.97 Å². The van der Waals surface area contributed by atoms with Gasteiger partial charge in [0.25, 0.3) is 0 Å². The van der Waals surface area contributed by atoms with E-state index >= 15 is 0 Å². The van der Waals surface area contributed by atoms with E-state index in [1.165, 1.54) is 6.07 Å². The molecule has 2 N–H and O–H groups in total. The Morgan fingerprint density at radius 1 is 1.21 bits per heavy atom. The topological polar surface area (TPSA) is 62.2 Å². The molecule has 0 fully saturated rings. The van der Waals surface area contributed by atoms with Crippen molar-refractivity contribution in [3.8, 4) is 0 Å². The molecule has 2 rings (SSSR count). The summed E-state index contributed by atoms with van der Waals surface area (Å²) in [7, 11) is 0. The van der Waals surface area contributed by atoms with Crippen LogP contribution >= 0.6 is 11.6 Å². The fourth-order valence-corrected chi connectivity index (χ4v) is 1.63. The lowest BCUT2D eigenvalue weighted by Gasteiger charge is -2.07. The maximum Gasteiger partial charge on any atom is 0.337 e. The average Bonchev–Trinajstić information content (AvgIpc) is 2.30. The van der Waals surface area contributed by atoms with Gasteiger partial charge in [-0.3, -0.25) is 0 Å². The standard InChI is InChI=1S/C12H7ClF2N2O2/c13-10-5-16-11(4-9(10)12(18)19)17-8-2-6(14)1-7(15)3-8/h1-5H,(H,16,17)(H,18,19). The number of pyridine rings is 1. The summed E-state index contributed by atoms with van der Waals surface area (Å²) >= 11 is 5.65. The van der Waals surface area contributed by atoms with Crippen LogP contribution in [0.1, 0.15) is 10.4 Å². The normalized spacial score (nSPS) is 10.3. The number of carboxylic acids is 1. The van der Waals surface area contributed by atoms with Crippen molar-refractivity contribution in [2.75, 3.05) is 5.32 Å². The van der Waals surface area contributed by atoms with Crippen LogP contribution in [0.3, 0.4) is 0 Å². The molecule has 0 unspecified atom stereocenters. The van der Waals surface area contributed by atoms with Gasteiger partial charge in [-0.1, -0.05) is 11.6 Å². The van der Waals surface area contributed by atoms with Crippen molar-refractivity contribution in [1.29, 1.82) is 0 Å². The summed E-state index contributed by atoms with van der Waals surface area (Å²) in [5, 5.41) is 11.5. The van der Waals surface area contributed by atoms with Gasteiger partial charge in [0, 0.05) is 18.0 Å². The van der Waals surface area contributed by atoms with E-state index in [2.05, 4.69) is 10.3 Å². The van der Waals surface area contributed by atoms with E-state index in [-0.39, 0.29) is 22.1 Å². The zero-order valence-electron chi connectivity index (χ0n) is 9.32. The summed E-state index contributed by atoms with van der Waals surface area (Å²) in [5.41, 5.74) is -0.0419. The van der Waals surface area contributed by atoms with Gasteiger partial charge in [-0.25, -0.2) is 18.6 Å². The predicted octanol–water partition coefficient (Wildman–Crippen LogP) is 3.46. The molecule has 0 spiro atoms. The van der Waals surface area contributed by atoms with Crippen molar-refractivity contribution in [2.24, 2.45) is 0 Å². The lowest BCUT2D eigenvalue weighted by Crippen LogP contribution is -2.01. The second-order valence-electron chi connectivity index (χ2n) is 3.64. The molecular formula is C12H7ClF2N2O2. The van der Waals surface area contributed by atoms with Crippen LogP contribution in [0.25, 0.3) is 0 Å². The van der Waals surface area contributed by atoms with Crippen LogP contribution in [0.2, 0.25) is 5.02 Å². The van der Waals surface area contributed by atoms with E-state index in [0.717, 1.165) is 24.4 Å². The van der Waals surface area contributed by atoms with E-state index < -0.39 is 17.6 Å². The third-order valence-electron chi connectivity index (χ3n) is 2.22. The highest BCUT2D eigenvalue weighted by Crippen LogP contribution is 2.22. The number of nitrogens with zero attached hydrogens (tertiary/aromatic N) is 1. The number of hydrogen-bond donors (Lipinski definition) is 2. The van der Waals surface area contributed by atoms with E-state index in [4.69, 9.17) is 16.7 Å². The molecule has 1 heterocycles. The molecule has 0 aliphatic carbocycles. The van der Waals surface area contributed by atoms with Gasteiger partial charge in [-0.2, -0.15) is 0 Å². The van der Waals surface area contributed by atoms with E-state index in [1.807, 2.05) is 0 Å². The molecule has 0 bridgehead atoms. The lowest BCUT2D eigenvalue weighted by atomic mass is 10.2. The quantitative estimate of drug-likeness (QED) is 0.906. The molecule has 0 aliphatic heterocycles. The fourth-order valence-electron chi connectivity index (χ4n) is 1.44. The number of anilines is 2. The Hall–Kier alpha value is -2.21. The number of aromatic nitrogens is 1. The smallest absolute Gasteiger partial charge is 0.337 e. The molecule has 0 atom stereocenters. The highest BCUT2D eigenvalue weighted by molar-refractivity contribution is 6.33. The first kappa shape index (κ1) is 13.2. The number of hydrogen-bond acceptors (Lipinski definition) is 3. The fraction of sp³-hybridized carbons (Fsp3) is 0. The number of benzene rings is 1. The summed E-state index contributed by atoms with van der Waals surface area (Å²) in [6.45, 7) is 0. The van der Waals surface area contributed by atoms with E-state index in [9.17, 15) is 13.6 Å². The molecule has 7 heteroatoms. The molecule has 1 aromatic carbocycles. The van der Waals surface area contributed by atoms with E-state index in [0.29, 0.717) is 0 Å². The highest BCUT2D eigenvalue weighted by Gasteiger charge is 2.11. The minimum absolute atomic E-state index is 0.0246. The van der Waals surface area contributed by atoms with Gasteiger partial charge in [-0.05, 0) is 18.2 Å². The second kappa shape index (κ2) is 5.19. The molecule has 1 aromatic heterocycles. The van der Waals surface area contributed by atoms with Crippen molar-refractivity contribution >= 4 is 29.1 Å². The molecule has 4 nitrogen and oxygen atoms in total. The lowest BCUT2D eigenvalue weighted by molar-refractivity contribution is 0.0697. The average molecular weight is 285 g/mol. The minimum atomic E-state index is -1.22. The van der Waals surface area contributed by atoms with Crippen LogP contribution in [-0.4, -0.2) is 16.1 Å². The van der Waals surface area contributed by atoms with E-state index in [1.54, 1.807) is 0 Å². The summed E-state index contributed by atoms with van der Waals surface area (Å²) in [5.74, 6) is -2.61. The number of halogens is 3. The predicted molar refractivity (Wildman–Crippen MR) is 65.8 cm³/mol. The van der Waals surface area contributed by atoms with Crippen LogP contribution in [0.5, 0.6) is 0 Å². The maximum atomic E-state index is 13.0. The third kappa shape index (κ3) is 3.17.